The Balaban J connectivity index is 1.39. The lowest BCUT2D eigenvalue weighted by Crippen LogP contribution is -2.33. The van der Waals surface area contributed by atoms with Gasteiger partial charge in [0.15, 0.2) is 0 Å². The fourth-order valence-corrected chi connectivity index (χ4v) is 8.33. The molecule has 3 amide bonds. The summed E-state index contributed by atoms with van der Waals surface area (Å²) in [4.78, 5) is 54.9. The lowest BCUT2D eigenvalue weighted by atomic mass is 9.83. The SMILES string of the molecule is O=C(Cn1c2c(sc1=O)C(c1ccc(Cl)cc1)C1C(=O)N(c3ccc(Cl)cc3)C(=O)C1S2)Nc1ccccc1C(F)(F)F. The zero-order chi connectivity index (χ0) is 30.6. The van der Waals surface area contributed by atoms with Gasteiger partial charge in [-0.3, -0.25) is 23.7 Å². The van der Waals surface area contributed by atoms with Crippen molar-refractivity contribution in [1.82, 2.24) is 4.57 Å². The monoisotopic (exact) mass is 663 g/mol. The van der Waals surface area contributed by atoms with Gasteiger partial charge in [-0.1, -0.05) is 70.6 Å². The Morgan fingerprint density at radius 2 is 1.51 bits per heavy atom. The van der Waals surface area contributed by atoms with Crippen LogP contribution in [0.25, 0.3) is 0 Å². The second-order valence-corrected chi connectivity index (χ2v) is 12.8. The van der Waals surface area contributed by atoms with Crippen LogP contribution in [0.1, 0.15) is 21.9 Å². The number of hydrogen-bond acceptors (Lipinski definition) is 6. The van der Waals surface area contributed by atoms with Gasteiger partial charge < -0.3 is 5.32 Å². The molecule has 0 aliphatic carbocycles. The molecule has 2 aliphatic rings. The van der Waals surface area contributed by atoms with E-state index in [9.17, 15) is 32.3 Å². The predicted octanol–water partition coefficient (Wildman–Crippen LogP) is 6.67. The molecule has 0 bridgehead atoms. The maximum absolute atomic E-state index is 13.9. The number of nitrogens with one attached hydrogen (secondary N) is 1. The van der Waals surface area contributed by atoms with Crippen molar-refractivity contribution >= 4 is 75.4 Å². The van der Waals surface area contributed by atoms with Crippen LogP contribution in [0.5, 0.6) is 0 Å². The maximum atomic E-state index is 13.9. The van der Waals surface area contributed by atoms with Gasteiger partial charge in [-0.25, -0.2) is 4.90 Å². The highest BCUT2D eigenvalue weighted by molar-refractivity contribution is 8.00. The summed E-state index contributed by atoms with van der Waals surface area (Å²) in [5, 5.41) is 2.49. The second-order valence-electron chi connectivity index (χ2n) is 9.80. The Kier molecular flexibility index (Phi) is 7.66. The highest BCUT2D eigenvalue weighted by atomic mass is 35.5. The zero-order valence-corrected chi connectivity index (χ0v) is 24.7. The van der Waals surface area contributed by atoms with Gasteiger partial charge >= 0.3 is 11.0 Å². The van der Waals surface area contributed by atoms with Crippen LogP contribution in [0.3, 0.4) is 0 Å². The van der Waals surface area contributed by atoms with Crippen molar-refractivity contribution in [3.63, 3.8) is 0 Å². The number of thioether (sulfide) groups is 1. The van der Waals surface area contributed by atoms with Gasteiger partial charge in [0.05, 0.1) is 27.9 Å². The molecule has 3 heterocycles. The van der Waals surface area contributed by atoms with Crippen LogP contribution in [0, 0.1) is 5.92 Å². The van der Waals surface area contributed by atoms with Crippen molar-refractivity contribution < 1.29 is 27.6 Å². The van der Waals surface area contributed by atoms with Gasteiger partial charge in [-0.15, -0.1) is 0 Å². The van der Waals surface area contributed by atoms with Gasteiger partial charge in [-0.2, -0.15) is 13.2 Å². The number of carbonyl (C=O) groups is 3. The summed E-state index contributed by atoms with van der Waals surface area (Å²) < 4.78 is 41.6. The summed E-state index contributed by atoms with van der Waals surface area (Å²) in [6.07, 6.45) is -4.70. The third-order valence-electron chi connectivity index (χ3n) is 7.17. The Morgan fingerprint density at radius 1 is 0.884 bits per heavy atom. The first-order valence-corrected chi connectivity index (χ1v) is 15.1. The molecule has 220 valence electrons. The topological polar surface area (TPSA) is 88.5 Å². The number of para-hydroxylation sites is 1. The van der Waals surface area contributed by atoms with Crippen LogP contribution in [0.15, 0.2) is 82.6 Å². The Bertz CT molecular complexity index is 1820. The van der Waals surface area contributed by atoms with E-state index in [0.29, 0.717) is 31.2 Å². The molecule has 4 aromatic rings. The molecule has 2 aliphatic heterocycles. The number of nitrogens with zero attached hydrogens (tertiary/aromatic N) is 2. The van der Waals surface area contributed by atoms with E-state index < -0.39 is 63.7 Å². The van der Waals surface area contributed by atoms with Crippen molar-refractivity contribution in [3.05, 3.63) is 109 Å². The number of fused-ring (bicyclic) bond motifs is 2. The van der Waals surface area contributed by atoms with E-state index in [1.807, 2.05) is 0 Å². The van der Waals surface area contributed by atoms with Gasteiger partial charge in [0.2, 0.25) is 17.7 Å². The van der Waals surface area contributed by atoms with Crippen molar-refractivity contribution in [2.75, 3.05) is 10.2 Å². The molecule has 0 radical (unpaired) electrons. The lowest BCUT2D eigenvalue weighted by Gasteiger charge is -2.30. The number of benzene rings is 3. The zero-order valence-electron chi connectivity index (χ0n) is 21.6. The fraction of sp³-hybridized carbons (Fsp3) is 0.172. The molecule has 1 N–H and O–H groups in total. The number of aromatic nitrogens is 1. The molecule has 7 nitrogen and oxygen atoms in total. The minimum Gasteiger partial charge on any atom is -0.324 e. The molecule has 6 rings (SSSR count). The summed E-state index contributed by atoms with van der Waals surface area (Å²) in [6.45, 7) is -0.600. The molecular weight excluding hydrogens is 646 g/mol. The van der Waals surface area contributed by atoms with E-state index in [0.717, 1.165) is 44.7 Å². The average molecular weight is 665 g/mol. The molecule has 1 fully saturated rings. The van der Waals surface area contributed by atoms with Crippen molar-refractivity contribution in [3.8, 4) is 0 Å². The van der Waals surface area contributed by atoms with Crippen LogP contribution in [-0.4, -0.2) is 27.5 Å². The van der Waals surface area contributed by atoms with Gasteiger partial charge in [-0.05, 0) is 54.1 Å². The summed E-state index contributed by atoms with van der Waals surface area (Å²) in [7, 11) is 0. The number of imide groups is 1. The number of amides is 3. The van der Waals surface area contributed by atoms with Crippen LogP contribution in [0.4, 0.5) is 24.5 Å². The van der Waals surface area contributed by atoms with E-state index in [4.69, 9.17) is 23.2 Å². The molecule has 14 heteroatoms. The first kappa shape index (κ1) is 29.5. The standard InChI is InChI=1S/C29H18Cl2F3N3O4S2/c30-15-7-5-14(6-8-15)21-22-23(26(40)37(25(22)39)17-11-9-16(31)10-12-17)42-27-24(21)43-28(41)36(27)13-20(38)35-19-4-2-1-3-18(19)29(32,33)34/h1-12,21-23H,13H2,(H,35,38). The van der Waals surface area contributed by atoms with Gasteiger partial charge in [0.1, 0.15) is 11.8 Å². The van der Waals surface area contributed by atoms with E-state index in [-0.39, 0.29) is 0 Å². The largest absolute Gasteiger partial charge is 0.418 e. The third-order valence-corrected chi connectivity index (χ3v) is 10.3. The number of alkyl halides is 3. The second kappa shape index (κ2) is 11.2. The number of carbonyl (C=O) groups excluding carboxylic acids is 3. The molecular formula is C29H18Cl2F3N3O4S2. The minimum atomic E-state index is -4.70. The first-order chi connectivity index (χ1) is 20.4. The Morgan fingerprint density at radius 3 is 2.16 bits per heavy atom. The first-order valence-electron chi connectivity index (χ1n) is 12.7. The average Bonchev–Trinajstić information content (AvgIpc) is 3.40. The van der Waals surface area contributed by atoms with Crippen molar-refractivity contribution in [1.29, 1.82) is 0 Å². The minimum absolute atomic E-state index is 0.301. The molecule has 3 aromatic carbocycles. The number of rotatable bonds is 5. The molecule has 1 saturated heterocycles. The summed E-state index contributed by atoms with van der Waals surface area (Å²) in [6, 6.07) is 17.5. The summed E-state index contributed by atoms with van der Waals surface area (Å²) in [5.74, 6) is -3.41. The van der Waals surface area contributed by atoms with E-state index in [2.05, 4.69) is 5.32 Å². The molecule has 43 heavy (non-hydrogen) atoms. The molecule has 0 saturated carbocycles. The van der Waals surface area contributed by atoms with Crippen molar-refractivity contribution in [2.24, 2.45) is 5.92 Å². The molecule has 0 spiro atoms. The van der Waals surface area contributed by atoms with E-state index in [1.54, 1.807) is 48.5 Å². The fourth-order valence-electron chi connectivity index (χ4n) is 5.30. The maximum Gasteiger partial charge on any atom is 0.418 e. The predicted molar refractivity (Wildman–Crippen MR) is 159 cm³/mol. The Hall–Kier alpha value is -3.58. The third kappa shape index (κ3) is 5.37. The van der Waals surface area contributed by atoms with Crippen LogP contribution in [-0.2, 0) is 27.1 Å². The molecule has 3 atom stereocenters. The highest BCUT2D eigenvalue weighted by Crippen LogP contribution is 2.54. The lowest BCUT2D eigenvalue weighted by molar-refractivity contribution is -0.137. The highest BCUT2D eigenvalue weighted by Gasteiger charge is 2.56. The van der Waals surface area contributed by atoms with E-state index in [1.165, 1.54) is 12.1 Å². The van der Waals surface area contributed by atoms with Gasteiger partial charge in [0, 0.05) is 20.8 Å². The van der Waals surface area contributed by atoms with Gasteiger partial charge in [0.25, 0.3) is 0 Å². The summed E-state index contributed by atoms with van der Waals surface area (Å²) >= 11 is 13.9. The number of thiazole rings is 1. The number of halogens is 5. The Labute approximate surface area is 260 Å². The number of anilines is 2. The van der Waals surface area contributed by atoms with Crippen LogP contribution >= 0.6 is 46.3 Å². The quantitative estimate of drug-likeness (QED) is 0.241. The smallest absolute Gasteiger partial charge is 0.324 e. The normalized spacial score (nSPS) is 19.7. The van der Waals surface area contributed by atoms with Crippen molar-refractivity contribution in [2.45, 2.75) is 28.9 Å². The number of hydrogen-bond donors (Lipinski definition) is 1. The van der Waals surface area contributed by atoms with E-state index >= 15 is 0 Å². The molecule has 3 unspecified atom stereocenters. The van der Waals surface area contributed by atoms with Crippen LogP contribution < -0.4 is 15.1 Å². The summed E-state index contributed by atoms with van der Waals surface area (Å²) in [5.41, 5.74) is -0.496. The van der Waals surface area contributed by atoms with Crippen LogP contribution in [0.2, 0.25) is 10.0 Å². The molecule has 1 aromatic heterocycles.